The summed E-state index contributed by atoms with van der Waals surface area (Å²) in [4.78, 5) is 9.61. The molecule has 2 rings (SSSR count). The first-order valence-electron chi connectivity index (χ1n) is 5.28. The molecule has 84 valence electrons. The van der Waals surface area contributed by atoms with Gasteiger partial charge in [-0.25, -0.2) is 4.98 Å². The van der Waals surface area contributed by atoms with Crippen molar-refractivity contribution in [1.82, 2.24) is 15.3 Å². The van der Waals surface area contributed by atoms with Crippen LogP contribution < -0.4 is 5.32 Å². The van der Waals surface area contributed by atoms with E-state index < -0.39 is 0 Å². The molecule has 0 aliphatic carbocycles. The molecule has 2 aromatic heterocycles. The molecule has 0 aromatic carbocycles. The number of thiazole rings is 1. The molecule has 2 heterocycles. The summed E-state index contributed by atoms with van der Waals surface area (Å²) < 4.78 is 0. The lowest BCUT2D eigenvalue weighted by Crippen LogP contribution is -2.17. The van der Waals surface area contributed by atoms with E-state index in [4.69, 9.17) is 0 Å². The normalized spacial score (nSPS) is 12.6. The second kappa shape index (κ2) is 5.18. The predicted molar refractivity (Wildman–Crippen MR) is 66.6 cm³/mol. The van der Waals surface area contributed by atoms with Crippen LogP contribution >= 0.6 is 11.3 Å². The summed E-state index contributed by atoms with van der Waals surface area (Å²) >= 11 is 1.75. The zero-order chi connectivity index (χ0) is 11.4. The minimum atomic E-state index is 0.341. The van der Waals surface area contributed by atoms with Gasteiger partial charge in [-0.15, -0.1) is 11.3 Å². The average Bonchev–Trinajstić information content (AvgIpc) is 2.74. The molecule has 0 aliphatic heterocycles. The van der Waals surface area contributed by atoms with E-state index in [2.05, 4.69) is 27.4 Å². The van der Waals surface area contributed by atoms with Crippen molar-refractivity contribution in [3.63, 3.8) is 0 Å². The van der Waals surface area contributed by atoms with Crippen molar-refractivity contribution in [1.29, 1.82) is 0 Å². The zero-order valence-corrected chi connectivity index (χ0v) is 10.3. The van der Waals surface area contributed by atoms with Gasteiger partial charge in [-0.3, -0.25) is 4.98 Å². The Morgan fingerprint density at radius 1 is 1.38 bits per heavy atom. The summed E-state index contributed by atoms with van der Waals surface area (Å²) in [7, 11) is 1.99. The molecular formula is C12H15N3S. The summed E-state index contributed by atoms with van der Waals surface area (Å²) in [6.07, 6.45) is 6.60. The smallest absolute Gasteiger partial charge is 0.0897 e. The van der Waals surface area contributed by atoms with E-state index in [1.165, 1.54) is 10.4 Å². The fourth-order valence-electron chi connectivity index (χ4n) is 1.64. The molecule has 2 aromatic rings. The molecule has 0 bridgehead atoms. The number of pyridine rings is 1. The van der Waals surface area contributed by atoms with Crippen molar-refractivity contribution in [3.05, 3.63) is 46.2 Å². The van der Waals surface area contributed by atoms with Crippen LogP contribution in [0, 0.1) is 6.92 Å². The van der Waals surface area contributed by atoms with Crippen molar-refractivity contribution in [2.75, 3.05) is 7.05 Å². The zero-order valence-electron chi connectivity index (χ0n) is 9.47. The molecule has 4 heteroatoms. The van der Waals surface area contributed by atoms with Crippen LogP contribution in [0.25, 0.3) is 0 Å². The Morgan fingerprint density at radius 2 is 2.12 bits per heavy atom. The molecule has 0 saturated carbocycles. The first-order chi connectivity index (χ1) is 7.79. The van der Waals surface area contributed by atoms with E-state index in [0.717, 1.165) is 11.4 Å². The number of rotatable bonds is 4. The van der Waals surface area contributed by atoms with Gasteiger partial charge in [-0.2, -0.15) is 0 Å². The largest absolute Gasteiger partial charge is 0.312 e. The van der Waals surface area contributed by atoms with Gasteiger partial charge in [0.05, 0.1) is 5.01 Å². The van der Waals surface area contributed by atoms with E-state index in [9.17, 15) is 0 Å². The van der Waals surface area contributed by atoms with Crippen molar-refractivity contribution in [2.45, 2.75) is 19.4 Å². The van der Waals surface area contributed by atoms with E-state index >= 15 is 0 Å². The Kier molecular flexibility index (Phi) is 3.64. The minimum absolute atomic E-state index is 0.341. The SMILES string of the molecule is CNC(Cc1ccncc1)c1cnc(C)s1. The van der Waals surface area contributed by atoms with E-state index in [1.54, 1.807) is 11.3 Å². The Bertz CT molecular complexity index is 439. The molecule has 0 aliphatic rings. The van der Waals surface area contributed by atoms with Crippen LogP contribution in [0.5, 0.6) is 0 Å². The van der Waals surface area contributed by atoms with Gasteiger partial charge in [0.15, 0.2) is 0 Å². The van der Waals surface area contributed by atoms with Gasteiger partial charge in [0.2, 0.25) is 0 Å². The number of hydrogen-bond acceptors (Lipinski definition) is 4. The first-order valence-corrected chi connectivity index (χ1v) is 6.09. The number of aromatic nitrogens is 2. The second-order valence-corrected chi connectivity index (χ2v) is 4.95. The number of likely N-dealkylation sites (N-methyl/N-ethyl adjacent to an activating group) is 1. The summed E-state index contributed by atoms with van der Waals surface area (Å²) in [5.74, 6) is 0. The summed E-state index contributed by atoms with van der Waals surface area (Å²) in [6.45, 7) is 2.04. The number of hydrogen-bond donors (Lipinski definition) is 1. The van der Waals surface area contributed by atoms with Gasteiger partial charge < -0.3 is 5.32 Å². The number of nitrogens with one attached hydrogen (secondary N) is 1. The lowest BCUT2D eigenvalue weighted by atomic mass is 10.1. The predicted octanol–water partition coefficient (Wildman–Crippen LogP) is 2.35. The van der Waals surface area contributed by atoms with Crippen molar-refractivity contribution >= 4 is 11.3 Å². The fourth-order valence-corrected chi connectivity index (χ4v) is 2.53. The molecule has 1 atom stereocenters. The lowest BCUT2D eigenvalue weighted by Gasteiger charge is -2.13. The van der Waals surface area contributed by atoms with E-state index in [0.29, 0.717) is 6.04 Å². The molecule has 0 fully saturated rings. The average molecular weight is 233 g/mol. The third kappa shape index (κ3) is 2.65. The maximum atomic E-state index is 4.29. The second-order valence-electron chi connectivity index (χ2n) is 3.68. The van der Waals surface area contributed by atoms with Crippen LogP contribution in [0.15, 0.2) is 30.7 Å². The maximum Gasteiger partial charge on any atom is 0.0897 e. The van der Waals surface area contributed by atoms with Crippen LogP contribution in [0.2, 0.25) is 0 Å². The molecule has 0 spiro atoms. The van der Waals surface area contributed by atoms with E-state index in [-0.39, 0.29) is 0 Å². The molecule has 0 amide bonds. The third-order valence-corrected chi connectivity index (χ3v) is 3.55. The van der Waals surface area contributed by atoms with Crippen LogP contribution in [-0.4, -0.2) is 17.0 Å². The summed E-state index contributed by atoms with van der Waals surface area (Å²) in [5, 5.41) is 4.45. The van der Waals surface area contributed by atoms with Crippen LogP contribution in [0.3, 0.4) is 0 Å². The topological polar surface area (TPSA) is 37.8 Å². The minimum Gasteiger partial charge on any atom is -0.312 e. The monoisotopic (exact) mass is 233 g/mol. The Hall–Kier alpha value is -1.26. The Morgan fingerprint density at radius 3 is 2.69 bits per heavy atom. The number of nitrogens with zero attached hydrogens (tertiary/aromatic N) is 2. The van der Waals surface area contributed by atoms with E-state index in [1.807, 2.05) is 32.6 Å². The molecular weight excluding hydrogens is 218 g/mol. The molecule has 3 nitrogen and oxygen atoms in total. The third-order valence-electron chi connectivity index (χ3n) is 2.52. The van der Waals surface area contributed by atoms with Gasteiger partial charge in [0, 0.05) is 29.5 Å². The highest BCUT2D eigenvalue weighted by molar-refractivity contribution is 7.11. The molecule has 1 N–H and O–H groups in total. The van der Waals surface area contributed by atoms with Gasteiger partial charge in [0.25, 0.3) is 0 Å². The molecule has 1 unspecified atom stereocenters. The highest BCUT2D eigenvalue weighted by Crippen LogP contribution is 2.23. The highest BCUT2D eigenvalue weighted by atomic mass is 32.1. The van der Waals surface area contributed by atoms with Gasteiger partial charge >= 0.3 is 0 Å². The molecule has 16 heavy (non-hydrogen) atoms. The van der Waals surface area contributed by atoms with Gasteiger partial charge in [-0.1, -0.05) is 0 Å². The van der Waals surface area contributed by atoms with Crippen molar-refractivity contribution in [2.24, 2.45) is 0 Å². The summed E-state index contributed by atoms with van der Waals surface area (Å²) in [6, 6.07) is 4.45. The number of aryl methyl sites for hydroxylation is 1. The van der Waals surface area contributed by atoms with Crippen LogP contribution in [0.4, 0.5) is 0 Å². The van der Waals surface area contributed by atoms with Crippen LogP contribution in [-0.2, 0) is 6.42 Å². The quantitative estimate of drug-likeness (QED) is 0.881. The fraction of sp³-hybridized carbons (Fsp3) is 0.333. The maximum absolute atomic E-state index is 4.29. The lowest BCUT2D eigenvalue weighted by molar-refractivity contribution is 0.600. The highest BCUT2D eigenvalue weighted by Gasteiger charge is 2.12. The van der Waals surface area contributed by atoms with Crippen LogP contribution in [0.1, 0.15) is 21.5 Å². The van der Waals surface area contributed by atoms with Crippen molar-refractivity contribution < 1.29 is 0 Å². The molecule has 0 radical (unpaired) electrons. The first kappa shape index (κ1) is 11.2. The Balaban J connectivity index is 2.12. The van der Waals surface area contributed by atoms with Gasteiger partial charge in [0.1, 0.15) is 0 Å². The van der Waals surface area contributed by atoms with Gasteiger partial charge in [-0.05, 0) is 38.1 Å². The summed E-state index contributed by atoms with van der Waals surface area (Å²) in [5.41, 5.74) is 1.29. The standard InChI is InChI=1S/C12H15N3S/c1-9-15-8-12(16-9)11(13-2)7-10-3-5-14-6-4-10/h3-6,8,11,13H,7H2,1-2H3. The molecule has 0 saturated heterocycles. The Labute approximate surface area is 99.6 Å². The van der Waals surface area contributed by atoms with Crippen molar-refractivity contribution in [3.8, 4) is 0 Å².